The Morgan fingerprint density at radius 1 is 1.17 bits per heavy atom. The molecule has 4 nitrogen and oxygen atoms in total. The van der Waals surface area contributed by atoms with Gasteiger partial charge in [0.15, 0.2) is 0 Å². The maximum absolute atomic E-state index is 11.3. The highest BCUT2D eigenvalue weighted by Gasteiger charge is 2.38. The molecule has 0 radical (unpaired) electrons. The fraction of sp³-hybridized carbons (Fsp3) is 0.600. The molecule has 0 bridgehead atoms. The van der Waals surface area contributed by atoms with Crippen molar-refractivity contribution in [3.63, 3.8) is 0 Å². The molecule has 0 aromatic rings. The smallest absolute Gasteiger partial charge is 0.412 e. The molecule has 0 aromatic carbocycles. The van der Waals surface area contributed by atoms with Crippen molar-refractivity contribution in [2.75, 3.05) is 0 Å². The third kappa shape index (κ3) is 7.16. The van der Waals surface area contributed by atoms with Crippen molar-refractivity contribution in [2.24, 2.45) is 0 Å². The zero-order valence-corrected chi connectivity index (χ0v) is 6.16. The summed E-state index contributed by atoms with van der Waals surface area (Å²) in [5.74, 6) is -2.76. The van der Waals surface area contributed by atoms with Gasteiger partial charge in [0.05, 0.1) is 6.42 Å². The number of hydrogen-bond donors (Lipinski definition) is 0. The molecular weight excluding hydrogens is 181 g/mol. The number of hydrogen-bond acceptors (Lipinski definition) is 2. The molecule has 0 aliphatic heterocycles. The minimum Gasteiger partial charge on any atom is -0.412 e. The van der Waals surface area contributed by atoms with Crippen LogP contribution in [0.15, 0.2) is 0 Å². The number of alkyl halides is 3. The molecule has 0 saturated heterocycles. The number of ketones is 2. The first-order valence-corrected chi connectivity index (χ1v) is 2.43. The summed E-state index contributed by atoms with van der Waals surface area (Å²) in [6, 6.07) is 0. The van der Waals surface area contributed by atoms with Gasteiger partial charge in [-0.2, -0.15) is 13.2 Å². The van der Waals surface area contributed by atoms with Gasteiger partial charge in [0, 0.05) is 0 Å². The van der Waals surface area contributed by atoms with Gasteiger partial charge in [0.1, 0.15) is 5.78 Å². The van der Waals surface area contributed by atoms with Crippen LogP contribution in [0.3, 0.4) is 0 Å². The van der Waals surface area contributed by atoms with Crippen molar-refractivity contribution >= 4 is 11.6 Å². The molecule has 12 heavy (non-hydrogen) atoms. The largest absolute Gasteiger partial charge is 0.450 e. The topological polar surface area (TPSA) is 97.1 Å². The molecule has 0 rings (SSSR count). The Bertz CT molecular complexity index is 163. The molecule has 0 fully saturated rings. The maximum atomic E-state index is 11.3. The van der Waals surface area contributed by atoms with Crippen molar-refractivity contribution in [3.05, 3.63) is 0 Å². The highest BCUT2D eigenvalue weighted by molar-refractivity contribution is 6.00. The van der Waals surface area contributed by atoms with Gasteiger partial charge >= 0.3 is 6.18 Å². The summed E-state index contributed by atoms with van der Waals surface area (Å²) >= 11 is 0. The molecule has 0 aromatic heterocycles. The fourth-order valence-corrected chi connectivity index (χ4v) is 0.326. The van der Waals surface area contributed by atoms with E-state index in [2.05, 4.69) is 0 Å². The van der Waals surface area contributed by atoms with Gasteiger partial charge in [-0.05, 0) is 6.92 Å². The van der Waals surface area contributed by atoms with Crippen molar-refractivity contribution < 1.29 is 33.7 Å². The van der Waals surface area contributed by atoms with Crippen LogP contribution in [0.5, 0.6) is 0 Å². The van der Waals surface area contributed by atoms with E-state index in [4.69, 9.17) is 0 Å². The summed E-state index contributed by atoms with van der Waals surface area (Å²) < 4.78 is 33.9. The SMILES string of the molecule is CC(=O)CC(=O)C(F)(F)F.O.O. The Balaban J connectivity index is -0.000000405. The highest BCUT2D eigenvalue weighted by atomic mass is 19.4. The van der Waals surface area contributed by atoms with Crippen LogP contribution in [0.4, 0.5) is 13.2 Å². The lowest BCUT2D eigenvalue weighted by atomic mass is 10.2. The van der Waals surface area contributed by atoms with Gasteiger partial charge in [-0.25, -0.2) is 0 Å². The van der Waals surface area contributed by atoms with Gasteiger partial charge < -0.3 is 11.0 Å². The van der Waals surface area contributed by atoms with Crippen LogP contribution in [0, 0.1) is 0 Å². The predicted octanol–water partition coefficient (Wildman–Crippen LogP) is -0.552. The second-order valence-electron chi connectivity index (χ2n) is 1.80. The van der Waals surface area contributed by atoms with Gasteiger partial charge in [0.2, 0.25) is 5.78 Å². The molecular formula is C5H9F3O4. The van der Waals surface area contributed by atoms with Crippen molar-refractivity contribution in [1.29, 1.82) is 0 Å². The number of rotatable bonds is 2. The van der Waals surface area contributed by atoms with Crippen LogP contribution in [0.25, 0.3) is 0 Å². The number of carbonyl (C=O) groups excluding carboxylic acids is 2. The molecule has 0 amide bonds. The monoisotopic (exact) mass is 190 g/mol. The van der Waals surface area contributed by atoms with Gasteiger partial charge in [-0.3, -0.25) is 9.59 Å². The summed E-state index contributed by atoms with van der Waals surface area (Å²) in [7, 11) is 0. The van der Waals surface area contributed by atoms with E-state index in [9.17, 15) is 22.8 Å². The minimum atomic E-state index is -4.87. The molecule has 0 aliphatic rings. The average Bonchev–Trinajstić information content (AvgIpc) is 1.60. The standard InChI is InChI=1S/C5H5F3O2.2H2O/c1-3(9)2-4(10)5(6,7)8;;/h2H2,1H3;2*1H2. The third-order valence-electron chi connectivity index (χ3n) is 0.726. The van der Waals surface area contributed by atoms with E-state index in [1.54, 1.807) is 0 Å². The van der Waals surface area contributed by atoms with E-state index in [1.165, 1.54) is 0 Å². The number of halogens is 3. The Kier molecular flexibility index (Phi) is 8.14. The lowest BCUT2D eigenvalue weighted by Crippen LogP contribution is -2.24. The van der Waals surface area contributed by atoms with E-state index < -0.39 is 24.2 Å². The molecule has 7 heteroatoms. The zero-order valence-electron chi connectivity index (χ0n) is 6.16. The first-order valence-electron chi connectivity index (χ1n) is 2.43. The quantitative estimate of drug-likeness (QED) is 0.545. The van der Waals surface area contributed by atoms with Gasteiger partial charge in [-0.1, -0.05) is 0 Å². The maximum Gasteiger partial charge on any atom is 0.450 e. The Hall–Kier alpha value is -0.950. The normalized spacial score (nSPS) is 9.33. The van der Waals surface area contributed by atoms with Crippen molar-refractivity contribution in [1.82, 2.24) is 0 Å². The third-order valence-corrected chi connectivity index (χ3v) is 0.726. The molecule has 0 heterocycles. The lowest BCUT2D eigenvalue weighted by molar-refractivity contribution is -0.171. The molecule has 0 aliphatic carbocycles. The van der Waals surface area contributed by atoms with E-state index in [1.807, 2.05) is 0 Å². The molecule has 0 spiro atoms. The van der Waals surface area contributed by atoms with Crippen LogP contribution in [-0.4, -0.2) is 28.7 Å². The molecule has 74 valence electrons. The average molecular weight is 190 g/mol. The van der Waals surface area contributed by atoms with Crippen molar-refractivity contribution in [3.8, 4) is 0 Å². The molecule has 0 atom stereocenters. The van der Waals surface area contributed by atoms with Crippen LogP contribution in [0.1, 0.15) is 13.3 Å². The summed E-state index contributed by atoms with van der Waals surface area (Å²) in [5, 5.41) is 0. The summed E-state index contributed by atoms with van der Waals surface area (Å²) in [6.07, 6.45) is -5.92. The summed E-state index contributed by atoms with van der Waals surface area (Å²) in [5.41, 5.74) is 0. The first-order chi connectivity index (χ1) is 4.34. The predicted molar refractivity (Wildman–Crippen MR) is 33.6 cm³/mol. The number of Topliss-reactive ketones (excluding diaryl/α,β-unsaturated/α-hetero) is 2. The van der Waals surface area contributed by atoms with E-state index in [-0.39, 0.29) is 11.0 Å². The minimum absolute atomic E-state index is 0. The van der Waals surface area contributed by atoms with Gasteiger partial charge in [0.25, 0.3) is 0 Å². The van der Waals surface area contributed by atoms with Crippen LogP contribution in [-0.2, 0) is 9.59 Å². The second kappa shape index (κ2) is 5.67. The van der Waals surface area contributed by atoms with Crippen LogP contribution < -0.4 is 0 Å². The Labute approximate surface area is 66.0 Å². The lowest BCUT2D eigenvalue weighted by Gasteiger charge is -2.00. The van der Waals surface area contributed by atoms with E-state index in [0.717, 1.165) is 6.92 Å². The summed E-state index contributed by atoms with van der Waals surface area (Å²) in [4.78, 5) is 19.9. The van der Waals surface area contributed by atoms with Crippen LogP contribution >= 0.6 is 0 Å². The molecule has 4 N–H and O–H groups in total. The first kappa shape index (κ1) is 17.2. The highest BCUT2D eigenvalue weighted by Crippen LogP contribution is 2.17. The number of carbonyl (C=O) groups is 2. The van der Waals surface area contributed by atoms with Gasteiger partial charge in [-0.15, -0.1) is 0 Å². The second-order valence-corrected chi connectivity index (χ2v) is 1.80. The Morgan fingerprint density at radius 2 is 1.50 bits per heavy atom. The molecule has 0 saturated carbocycles. The van der Waals surface area contributed by atoms with Crippen molar-refractivity contribution in [2.45, 2.75) is 19.5 Å². The zero-order chi connectivity index (χ0) is 8.36. The Morgan fingerprint density at radius 3 is 1.58 bits per heavy atom. The van der Waals surface area contributed by atoms with Crippen LogP contribution in [0.2, 0.25) is 0 Å². The van der Waals surface area contributed by atoms with E-state index in [0.29, 0.717) is 0 Å². The fourth-order valence-electron chi connectivity index (χ4n) is 0.326. The summed E-state index contributed by atoms with van der Waals surface area (Å²) in [6.45, 7) is 0.934. The van der Waals surface area contributed by atoms with E-state index >= 15 is 0 Å². The molecule has 0 unspecified atom stereocenters.